The van der Waals surface area contributed by atoms with Gasteiger partial charge in [-0.25, -0.2) is 0 Å². The van der Waals surface area contributed by atoms with Crippen molar-refractivity contribution >= 4 is 28.4 Å². The lowest BCUT2D eigenvalue weighted by molar-refractivity contribution is 0.0946. The number of para-hydroxylation sites is 1. The number of fused-ring (bicyclic) bond motifs is 1. The van der Waals surface area contributed by atoms with Crippen molar-refractivity contribution < 1.29 is 4.79 Å². The van der Waals surface area contributed by atoms with Gasteiger partial charge in [-0.15, -0.1) is 11.6 Å². The number of nitrogens with zero attached hydrogens (tertiary/aromatic N) is 1. The van der Waals surface area contributed by atoms with Gasteiger partial charge in [0.1, 0.15) is 0 Å². The summed E-state index contributed by atoms with van der Waals surface area (Å²) in [7, 11) is 0. The Balaban J connectivity index is 1.76. The van der Waals surface area contributed by atoms with Crippen LogP contribution in [-0.4, -0.2) is 23.3 Å². The summed E-state index contributed by atoms with van der Waals surface area (Å²) in [4.78, 5) is 16.6. The summed E-state index contributed by atoms with van der Waals surface area (Å²) in [6, 6.07) is 9.48. The average Bonchev–Trinajstić information content (AvgIpc) is 3.25. The number of aromatic nitrogens is 1. The maximum atomic E-state index is 12.4. The second-order valence-corrected chi connectivity index (χ2v) is 5.88. The first kappa shape index (κ1) is 13.4. The van der Waals surface area contributed by atoms with Gasteiger partial charge in [-0.1, -0.05) is 18.2 Å². The van der Waals surface area contributed by atoms with Gasteiger partial charge in [-0.2, -0.15) is 0 Å². The number of benzene rings is 1. The Kier molecular flexibility index (Phi) is 3.62. The number of hydrogen-bond donors (Lipinski definition) is 1. The zero-order valence-corrected chi connectivity index (χ0v) is 12.0. The topological polar surface area (TPSA) is 42.0 Å². The van der Waals surface area contributed by atoms with Gasteiger partial charge in [-0.3, -0.25) is 9.78 Å². The zero-order chi connectivity index (χ0) is 14.0. The van der Waals surface area contributed by atoms with Crippen molar-refractivity contribution in [1.29, 1.82) is 0 Å². The molecule has 1 aliphatic rings. The Bertz CT molecular complexity index is 632. The lowest BCUT2D eigenvalue weighted by atomic mass is 10.0. The van der Waals surface area contributed by atoms with Gasteiger partial charge < -0.3 is 5.32 Å². The standard InChI is InChI=1S/C16H17ClN2O/c17-9-8-16(6-7-16)11-19-15(20)13-5-10-18-14-4-2-1-3-12(13)14/h1-5,10H,6-9,11H2,(H,19,20). The molecule has 0 radical (unpaired) electrons. The molecule has 0 aliphatic heterocycles. The SMILES string of the molecule is O=C(NCC1(CCCl)CC1)c1ccnc2ccccc12. The van der Waals surface area contributed by atoms with Crippen molar-refractivity contribution in [2.75, 3.05) is 12.4 Å². The molecule has 0 spiro atoms. The highest BCUT2D eigenvalue weighted by Gasteiger charge is 2.41. The summed E-state index contributed by atoms with van der Waals surface area (Å²) in [5.74, 6) is 0.637. The van der Waals surface area contributed by atoms with Crippen LogP contribution in [0, 0.1) is 5.41 Å². The van der Waals surface area contributed by atoms with Gasteiger partial charge in [0.2, 0.25) is 0 Å². The molecular weight excluding hydrogens is 272 g/mol. The number of alkyl halides is 1. The lowest BCUT2D eigenvalue weighted by Gasteiger charge is -2.15. The molecule has 3 nitrogen and oxygen atoms in total. The molecule has 3 rings (SSSR count). The number of pyridine rings is 1. The Hall–Kier alpha value is -1.61. The van der Waals surface area contributed by atoms with E-state index in [1.54, 1.807) is 12.3 Å². The van der Waals surface area contributed by atoms with Crippen LogP contribution < -0.4 is 5.32 Å². The third kappa shape index (κ3) is 2.63. The minimum Gasteiger partial charge on any atom is -0.351 e. The van der Waals surface area contributed by atoms with E-state index in [0.717, 1.165) is 36.7 Å². The van der Waals surface area contributed by atoms with Crippen LogP contribution in [0.15, 0.2) is 36.5 Å². The van der Waals surface area contributed by atoms with Crippen LogP contribution in [-0.2, 0) is 0 Å². The molecule has 1 fully saturated rings. The van der Waals surface area contributed by atoms with Crippen LogP contribution in [0.5, 0.6) is 0 Å². The largest absolute Gasteiger partial charge is 0.351 e. The second-order valence-electron chi connectivity index (χ2n) is 5.50. The van der Waals surface area contributed by atoms with E-state index in [4.69, 9.17) is 11.6 Å². The van der Waals surface area contributed by atoms with Crippen LogP contribution in [0.4, 0.5) is 0 Å². The van der Waals surface area contributed by atoms with Gasteiger partial charge >= 0.3 is 0 Å². The Morgan fingerprint density at radius 3 is 2.85 bits per heavy atom. The summed E-state index contributed by atoms with van der Waals surface area (Å²) in [6.45, 7) is 0.717. The zero-order valence-electron chi connectivity index (χ0n) is 11.2. The van der Waals surface area contributed by atoms with Crippen molar-refractivity contribution in [2.45, 2.75) is 19.3 Å². The first-order valence-corrected chi connectivity index (χ1v) is 7.45. The molecule has 0 bridgehead atoms. The lowest BCUT2D eigenvalue weighted by Crippen LogP contribution is -2.30. The highest BCUT2D eigenvalue weighted by Crippen LogP contribution is 2.48. The number of carbonyl (C=O) groups excluding carboxylic acids is 1. The molecule has 0 unspecified atom stereocenters. The molecule has 2 aromatic rings. The number of rotatable bonds is 5. The summed E-state index contributed by atoms with van der Waals surface area (Å²) in [5.41, 5.74) is 1.79. The molecule has 20 heavy (non-hydrogen) atoms. The maximum Gasteiger partial charge on any atom is 0.252 e. The van der Waals surface area contributed by atoms with E-state index in [-0.39, 0.29) is 11.3 Å². The van der Waals surface area contributed by atoms with Gasteiger partial charge in [-0.05, 0) is 36.8 Å². The van der Waals surface area contributed by atoms with Gasteiger partial charge in [0.15, 0.2) is 0 Å². The molecular formula is C16H17ClN2O. The Labute approximate surface area is 123 Å². The normalized spacial score (nSPS) is 16.1. The van der Waals surface area contributed by atoms with Crippen molar-refractivity contribution in [3.8, 4) is 0 Å². The van der Waals surface area contributed by atoms with Gasteiger partial charge in [0, 0.05) is 24.0 Å². The van der Waals surface area contributed by atoms with E-state index in [1.165, 1.54) is 0 Å². The van der Waals surface area contributed by atoms with E-state index in [9.17, 15) is 4.79 Å². The molecule has 0 atom stereocenters. The van der Waals surface area contributed by atoms with Crippen LogP contribution in [0.25, 0.3) is 10.9 Å². The Morgan fingerprint density at radius 2 is 2.10 bits per heavy atom. The molecule has 104 valence electrons. The van der Waals surface area contributed by atoms with E-state index in [0.29, 0.717) is 11.4 Å². The van der Waals surface area contributed by atoms with Crippen LogP contribution in [0.3, 0.4) is 0 Å². The fourth-order valence-corrected chi connectivity index (χ4v) is 2.95. The predicted molar refractivity (Wildman–Crippen MR) is 81.1 cm³/mol. The number of hydrogen-bond acceptors (Lipinski definition) is 2. The van der Waals surface area contributed by atoms with Gasteiger partial charge in [0.25, 0.3) is 5.91 Å². The summed E-state index contributed by atoms with van der Waals surface area (Å²) in [6.07, 6.45) is 4.99. The predicted octanol–water partition coefficient (Wildman–Crippen LogP) is 3.37. The molecule has 1 heterocycles. The van der Waals surface area contributed by atoms with Gasteiger partial charge in [0.05, 0.1) is 11.1 Å². The third-order valence-corrected chi connectivity index (χ3v) is 4.29. The first-order valence-electron chi connectivity index (χ1n) is 6.92. The van der Waals surface area contributed by atoms with E-state index >= 15 is 0 Å². The minimum absolute atomic E-state index is 0.0237. The molecule has 0 saturated heterocycles. The summed E-state index contributed by atoms with van der Waals surface area (Å²) >= 11 is 5.82. The van der Waals surface area contributed by atoms with E-state index < -0.39 is 0 Å². The van der Waals surface area contributed by atoms with E-state index in [1.807, 2.05) is 24.3 Å². The third-order valence-electron chi connectivity index (χ3n) is 4.10. The van der Waals surface area contributed by atoms with Crippen LogP contribution in [0.1, 0.15) is 29.6 Å². The molecule has 4 heteroatoms. The fraction of sp³-hybridized carbons (Fsp3) is 0.375. The van der Waals surface area contributed by atoms with Crippen molar-refractivity contribution in [2.24, 2.45) is 5.41 Å². The summed E-state index contributed by atoms with van der Waals surface area (Å²) in [5, 5.41) is 3.95. The van der Waals surface area contributed by atoms with E-state index in [2.05, 4.69) is 10.3 Å². The average molecular weight is 289 g/mol. The number of nitrogens with one attached hydrogen (secondary N) is 1. The molecule has 1 N–H and O–H groups in total. The highest BCUT2D eigenvalue weighted by atomic mass is 35.5. The van der Waals surface area contributed by atoms with Crippen LogP contribution in [0.2, 0.25) is 0 Å². The minimum atomic E-state index is -0.0237. The second kappa shape index (κ2) is 5.41. The fourth-order valence-electron chi connectivity index (χ4n) is 2.55. The smallest absolute Gasteiger partial charge is 0.252 e. The molecule has 1 saturated carbocycles. The van der Waals surface area contributed by atoms with Crippen molar-refractivity contribution in [3.05, 3.63) is 42.1 Å². The first-order chi connectivity index (χ1) is 9.74. The molecule has 1 amide bonds. The quantitative estimate of drug-likeness (QED) is 0.857. The van der Waals surface area contributed by atoms with Crippen molar-refractivity contribution in [1.82, 2.24) is 10.3 Å². The number of halogens is 1. The Morgan fingerprint density at radius 1 is 1.30 bits per heavy atom. The highest BCUT2D eigenvalue weighted by molar-refractivity contribution is 6.17. The monoisotopic (exact) mass is 288 g/mol. The molecule has 1 aromatic heterocycles. The number of amides is 1. The maximum absolute atomic E-state index is 12.4. The summed E-state index contributed by atoms with van der Waals surface area (Å²) < 4.78 is 0. The van der Waals surface area contributed by atoms with Crippen LogP contribution >= 0.6 is 11.6 Å². The van der Waals surface area contributed by atoms with Crippen molar-refractivity contribution in [3.63, 3.8) is 0 Å². The number of carbonyl (C=O) groups is 1. The molecule has 1 aromatic carbocycles. The molecule has 1 aliphatic carbocycles.